The molecule has 1 fully saturated rings. The van der Waals surface area contributed by atoms with E-state index in [-0.39, 0.29) is 5.92 Å². The maximum absolute atomic E-state index is 12.3. The van der Waals surface area contributed by atoms with Crippen molar-refractivity contribution < 1.29 is 4.79 Å². The topological polar surface area (TPSA) is 17.1 Å². The van der Waals surface area contributed by atoms with E-state index < -0.39 is 0 Å². The van der Waals surface area contributed by atoms with Crippen LogP contribution in [0.2, 0.25) is 0 Å². The third kappa shape index (κ3) is 2.78. The van der Waals surface area contributed by atoms with E-state index in [1.807, 2.05) is 0 Å². The van der Waals surface area contributed by atoms with Gasteiger partial charge in [0.15, 0.2) is 5.12 Å². The first-order valence-corrected chi connectivity index (χ1v) is 7.97. The molecule has 0 bridgehead atoms. The van der Waals surface area contributed by atoms with Gasteiger partial charge in [0.25, 0.3) is 0 Å². The van der Waals surface area contributed by atoms with E-state index in [1.165, 1.54) is 31.0 Å². The second-order valence-electron chi connectivity index (χ2n) is 5.77. The molecule has 0 aliphatic heterocycles. The van der Waals surface area contributed by atoms with E-state index >= 15 is 0 Å². The Morgan fingerprint density at radius 3 is 2.76 bits per heavy atom. The maximum atomic E-state index is 12.3. The van der Waals surface area contributed by atoms with Crippen LogP contribution >= 0.6 is 11.8 Å². The average molecular weight is 252 g/mol. The number of rotatable bonds is 2. The van der Waals surface area contributed by atoms with Crippen molar-refractivity contribution in [1.29, 1.82) is 0 Å². The quantitative estimate of drug-likeness (QED) is 0.687. The zero-order valence-electron chi connectivity index (χ0n) is 11.2. The normalized spacial score (nSPS) is 41.0. The molecule has 1 nitrogen and oxygen atoms in total. The zero-order chi connectivity index (χ0) is 12.4. The lowest BCUT2D eigenvalue weighted by Crippen LogP contribution is -2.38. The van der Waals surface area contributed by atoms with Crippen molar-refractivity contribution in [3.8, 4) is 0 Å². The summed E-state index contributed by atoms with van der Waals surface area (Å²) >= 11 is 1.53. The Labute approximate surface area is 109 Å². The van der Waals surface area contributed by atoms with Crippen molar-refractivity contribution in [3.63, 3.8) is 0 Å². The van der Waals surface area contributed by atoms with Crippen LogP contribution < -0.4 is 0 Å². The first-order chi connectivity index (χ1) is 8.13. The molecule has 0 radical (unpaired) electrons. The van der Waals surface area contributed by atoms with Gasteiger partial charge in [0.2, 0.25) is 0 Å². The largest absolute Gasteiger partial charge is 0.287 e. The molecule has 1 saturated carbocycles. The van der Waals surface area contributed by atoms with Gasteiger partial charge in [0.05, 0.1) is 0 Å². The highest BCUT2D eigenvalue weighted by Crippen LogP contribution is 2.46. The zero-order valence-corrected chi connectivity index (χ0v) is 12.0. The molecule has 0 N–H and O–H groups in total. The number of hydrogen-bond donors (Lipinski definition) is 0. The summed E-state index contributed by atoms with van der Waals surface area (Å²) in [7, 11) is 0. The first-order valence-electron chi connectivity index (χ1n) is 6.98. The molecule has 2 rings (SSSR count). The molecule has 96 valence electrons. The van der Waals surface area contributed by atoms with Crippen molar-refractivity contribution >= 4 is 16.9 Å². The molecule has 0 saturated heterocycles. The average Bonchev–Trinajstić information content (AvgIpc) is 2.29. The van der Waals surface area contributed by atoms with E-state index in [4.69, 9.17) is 0 Å². The molecule has 0 heterocycles. The summed E-state index contributed by atoms with van der Waals surface area (Å²) in [4.78, 5) is 12.3. The summed E-state index contributed by atoms with van der Waals surface area (Å²) in [6.45, 7) is 6.63. The van der Waals surface area contributed by atoms with Crippen LogP contribution in [0, 0.1) is 29.6 Å². The highest BCUT2D eigenvalue weighted by atomic mass is 32.2. The summed E-state index contributed by atoms with van der Waals surface area (Å²) in [5, 5.41) is 0.439. The Morgan fingerprint density at radius 2 is 2.06 bits per heavy atom. The van der Waals surface area contributed by atoms with Gasteiger partial charge >= 0.3 is 0 Å². The Kier molecular flexibility index (Phi) is 4.35. The van der Waals surface area contributed by atoms with Crippen molar-refractivity contribution in [2.24, 2.45) is 29.6 Å². The fraction of sp³-hybridized carbons (Fsp3) is 0.800. The third-order valence-electron chi connectivity index (χ3n) is 4.47. The van der Waals surface area contributed by atoms with Crippen molar-refractivity contribution in [1.82, 2.24) is 0 Å². The van der Waals surface area contributed by atoms with Gasteiger partial charge in [-0.2, -0.15) is 0 Å². The van der Waals surface area contributed by atoms with Crippen LogP contribution in [-0.4, -0.2) is 10.9 Å². The maximum Gasteiger partial charge on any atom is 0.192 e. The van der Waals surface area contributed by atoms with E-state index in [2.05, 4.69) is 32.9 Å². The fourth-order valence-corrected chi connectivity index (χ4v) is 4.44. The minimum atomic E-state index is 0.280. The first kappa shape index (κ1) is 13.2. The minimum Gasteiger partial charge on any atom is -0.287 e. The van der Waals surface area contributed by atoms with Crippen molar-refractivity contribution in [2.75, 3.05) is 5.75 Å². The number of carbonyl (C=O) groups excluding carboxylic acids is 1. The van der Waals surface area contributed by atoms with Gasteiger partial charge in [0, 0.05) is 5.92 Å². The molecule has 0 amide bonds. The van der Waals surface area contributed by atoms with Crippen LogP contribution in [0.4, 0.5) is 0 Å². The molecule has 0 aromatic rings. The van der Waals surface area contributed by atoms with Crippen LogP contribution in [0.15, 0.2) is 12.2 Å². The smallest absolute Gasteiger partial charge is 0.192 e. The molecular weight excluding hydrogens is 228 g/mol. The summed E-state index contributed by atoms with van der Waals surface area (Å²) in [6.07, 6.45) is 8.53. The van der Waals surface area contributed by atoms with Crippen LogP contribution in [0.3, 0.4) is 0 Å². The predicted octanol–water partition coefficient (Wildman–Crippen LogP) is 4.14. The van der Waals surface area contributed by atoms with Gasteiger partial charge in [-0.1, -0.05) is 51.1 Å². The van der Waals surface area contributed by atoms with Crippen LogP contribution in [-0.2, 0) is 4.79 Å². The van der Waals surface area contributed by atoms with Crippen LogP contribution in [0.5, 0.6) is 0 Å². The van der Waals surface area contributed by atoms with Crippen LogP contribution in [0.1, 0.15) is 40.0 Å². The molecule has 5 atom stereocenters. The summed E-state index contributed by atoms with van der Waals surface area (Å²) < 4.78 is 0. The van der Waals surface area contributed by atoms with Gasteiger partial charge < -0.3 is 0 Å². The monoisotopic (exact) mass is 252 g/mol. The van der Waals surface area contributed by atoms with Crippen molar-refractivity contribution in [2.45, 2.75) is 40.0 Å². The predicted molar refractivity (Wildman–Crippen MR) is 74.9 cm³/mol. The molecule has 2 aliphatic rings. The van der Waals surface area contributed by atoms with E-state index in [0.29, 0.717) is 22.9 Å². The van der Waals surface area contributed by atoms with E-state index in [9.17, 15) is 4.79 Å². The number of thioether (sulfide) groups is 1. The molecule has 2 heteroatoms. The third-order valence-corrected chi connectivity index (χ3v) is 5.31. The number of fused-ring (bicyclic) bond motifs is 1. The lowest BCUT2D eigenvalue weighted by molar-refractivity contribution is -0.118. The van der Waals surface area contributed by atoms with E-state index in [1.54, 1.807) is 0 Å². The Hall–Kier alpha value is -0.240. The molecule has 0 aromatic carbocycles. The standard InChI is InChI=1S/C15H24OS/c1-4-17-15(16)14-11(3)6-7-12-9-10(2)5-8-13(12)14/h6-7,10-14H,4-5,8-9H2,1-3H3/t10-,11+,12+,13+,14+/m1/s1. The van der Waals surface area contributed by atoms with Crippen molar-refractivity contribution in [3.05, 3.63) is 12.2 Å². The summed E-state index contributed by atoms with van der Waals surface area (Å²) in [6, 6.07) is 0. The van der Waals surface area contributed by atoms with E-state index in [0.717, 1.165) is 11.7 Å². The molecule has 2 aliphatic carbocycles. The second kappa shape index (κ2) is 5.60. The number of carbonyl (C=O) groups is 1. The summed E-state index contributed by atoms with van der Waals surface area (Å²) in [5.41, 5.74) is 0. The number of hydrogen-bond acceptors (Lipinski definition) is 2. The SMILES string of the molecule is CCSC(=O)[C@@H]1[C@H]2CC[C@@H](C)C[C@@H]2C=C[C@@H]1C. The van der Waals surface area contributed by atoms with Gasteiger partial charge in [-0.05, 0) is 42.3 Å². The Morgan fingerprint density at radius 1 is 1.29 bits per heavy atom. The molecule has 17 heavy (non-hydrogen) atoms. The summed E-state index contributed by atoms with van der Waals surface area (Å²) in [5.74, 6) is 3.76. The second-order valence-corrected chi connectivity index (χ2v) is 7.04. The van der Waals surface area contributed by atoms with Crippen LogP contribution in [0.25, 0.3) is 0 Å². The molecular formula is C15H24OS. The number of allylic oxidation sites excluding steroid dienone is 2. The molecule has 0 unspecified atom stereocenters. The Bertz CT molecular complexity index is 310. The molecule has 0 spiro atoms. The van der Waals surface area contributed by atoms with Gasteiger partial charge in [-0.25, -0.2) is 0 Å². The lowest BCUT2D eigenvalue weighted by Gasteiger charge is -2.42. The lowest BCUT2D eigenvalue weighted by atomic mass is 9.63. The van der Waals surface area contributed by atoms with Gasteiger partial charge in [-0.3, -0.25) is 4.79 Å². The van der Waals surface area contributed by atoms with Gasteiger partial charge in [0.1, 0.15) is 0 Å². The van der Waals surface area contributed by atoms with Gasteiger partial charge in [-0.15, -0.1) is 0 Å². The highest BCUT2D eigenvalue weighted by Gasteiger charge is 2.40. The molecule has 0 aromatic heterocycles. The highest BCUT2D eigenvalue weighted by molar-refractivity contribution is 8.13. The minimum absolute atomic E-state index is 0.280. The fourth-order valence-electron chi connectivity index (χ4n) is 3.57. The Balaban J connectivity index is 2.14.